The zero-order chi connectivity index (χ0) is 11.2. The molecule has 1 amide bonds. The highest BCUT2D eigenvalue weighted by Crippen LogP contribution is 2.49. The normalized spacial score (nSPS) is 33.9. The minimum absolute atomic E-state index is 0.00940. The Morgan fingerprint density at radius 3 is 2.73 bits per heavy atom. The molecule has 0 aromatic carbocycles. The van der Waals surface area contributed by atoms with E-state index in [1.165, 1.54) is 0 Å². The summed E-state index contributed by atoms with van der Waals surface area (Å²) < 4.78 is 5.30. The molecule has 2 fully saturated rings. The minimum atomic E-state index is -0.454. The number of carbonyl (C=O) groups excluding carboxylic acids is 1. The summed E-state index contributed by atoms with van der Waals surface area (Å²) in [6, 6.07) is -0.00940. The van der Waals surface area contributed by atoms with Crippen molar-refractivity contribution in [3.63, 3.8) is 0 Å². The summed E-state index contributed by atoms with van der Waals surface area (Å²) in [7, 11) is 0. The maximum absolute atomic E-state index is 11.8. The largest absolute Gasteiger partial charge is 0.444 e. The van der Waals surface area contributed by atoms with Gasteiger partial charge in [-0.3, -0.25) is 0 Å². The number of fused-ring (bicyclic) bond motifs is 1. The van der Waals surface area contributed by atoms with Crippen molar-refractivity contribution in [3.05, 3.63) is 0 Å². The van der Waals surface area contributed by atoms with Gasteiger partial charge in [-0.25, -0.2) is 4.79 Å². The fourth-order valence-electron chi connectivity index (χ4n) is 2.34. The number of likely N-dealkylation sites (tertiary alicyclic amines) is 1. The monoisotopic (exact) mass is 213 g/mol. The topological polar surface area (TPSA) is 49.8 Å². The Kier molecular flexibility index (Phi) is 2.41. The summed E-state index contributed by atoms with van der Waals surface area (Å²) in [4.78, 5) is 13.5. The van der Waals surface area contributed by atoms with Crippen LogP contribution in [0.15, 0.2) is 0 Å². The number of carbonyl (C=O) groups is 1. The number of aliphatic hydroxyl groups is 1. The Bertz CT molecular complexity index is 271. The molecule has 15 heavy (non-hydrogen) atoms. The second-order valence-corrected chi connectivity index (χ2v) is 5.54. The molecule has 0 bridgehead atoms. The SMILES string of the molecule is CC(C)(C)OC(=O)N1C[C@@H]2C[C@@H]2[C@H]1CO. The van der Waals surface area contributed by atoms with Gasteiger partial charge in [0.25, 0.3) is 0 Å². The molecule has 0 aromatic heterocycles. The van der Waals surface area contributed by atoms with Gasteiger partial charge in [-0.05, 0) is 39.0 Å². The van der Waals surface area contributed by atoms with Gasteiger partial charge in [0.2, 0.25) is 0 Å². The highest BCUT2D eigenvalue weighted by Gasteiger charge is 2.54. The van der Waals surface area contributed by atoms with Crippen LogP contribution in [0.4, 0.5) is 4.79 Å². The van der Waals surface area contributed by atoms with Gasteiger partial charge >= 0.3 is 6.09 Å². The molecule has 3 atom stereocenters. The number of hydrogen-bond acceptors (Lipinski definition) is 3. The summed E-state index contributed by atoms with van der Waals surface area (Å²) in [6.07, 6.45) is 0.874. The summed E-state index contributed by atoms with van der Waals surface area (Å²) >= 11 is 0. The summed E-state index contributed by atoms with van der Waals surface area (Å²) in [5.74, 6) is 1.12. The van der Waals surface area contributed by atoms with Crippen LogP contribution >= 0.6 is 0 Å². The second kappa shape index (κ2) is 3.37. The van der Waals surface area contributed by atoms with E-state index in [2.05, 4.69) is 0 Å². The van der Waals surface area contributed by atoms with E-state index in [4.69, 9.17) is 4.74 Å². The molecule has 0 aromatic rings. The van der Waals surface area contributed by atoms with Crippen LogP contribution in [-0.2, 0) is 4.74 Å². The number of aliphatic hydroxyl groups excluding tert-OH is 1. The van der Waals surface area contributed by atoms with E-state index in [1.807, 2.05) is 20.8 Å². The molecule has 0 unspecified atom stereocenters. The smallest absolute Gasteiger partial charge is 0.410 e. The third-order valence-corrected chi connectivity index (χ3v) is 3.12. The summed E-state index contributed by atoms with van der Waals surface area (Å²) in [6.45, 7) is 6.38. The van der Waals surface area contributed by atoms with Gasteiger partial charge in [0.05, 0.1) is 12.6 Å². The predicted octanol–water partition coefficient (Wildman–Crippen LogP) is 1.23. The molecule has 4 heteroatoms. The molecule has 1 aliphatic carbocycles. The van der Waals surface area contributed by atoms with Crippen LogP contribution < -0.4 is 0 Å². The van der Waals surface area contributed by atoms with Crippen molar-refractivity contribution in [1.29, 1.82) is 0 Å². The van der Waals surface area contributed by atoms with E-state index in [9.17, 15) is 9.90 Å². The molecule has 1 saturated heterocycles. The fourth-order valence-corrected chi connectivity index (χ4v) is 2.34. The number of piperidine rings is 1. The van der Waals surface area contributed by atoms with Gasteiger partial charge in [0.15, 0.2) is 0 Å². The van der Waals surface area contributed by atoms with Gasteiger partial charge in [0, 0.05) is 6.54 Å². The van der Waals surface area contributed by atoms with Crippen LogP contribution in [0, 0.1) is 11.8 Å². The lowest BCUT2D eigenvalue weighted by molar-refractivity contribution is 0.0133. The Hall–Kier alpha value is -0.770. The molecule has 2 rings (SSSR count). The first-order chi connectivity index (χ1) is 6.92. The number of amides is 1. The van der Waals surface area contributed by atoms with Gasteiger partial charge in [-0.15, -0.1) is 0 Å². The highest BCUT2D eigenvalue weighted by molar-refractivity contribution is 5.69. The average Bonchev–Trinajstić information content (AvgIpc) is 2.75. The molecule has 1 saturated carbocycles. The molecule has 1 N–H and O–H groups in total. The molecule has 1 aliphatic heterocycles. The second-order valence-electron chi connectivity index (χ2n) is 5.54. The van der Waals surface area contributed by atoms with E-state index in [0.29, 0.717) is 11.8 Å². The van der Waals surface area contributed by atoms with Crippen molar-refractivity contribution >= 4 is 6.09 Å². The first kappa shape index (κ1) is 10.7. The predicted molar refractivity (Wildman–Crippen MR) is 55.4 cm³/mol. The zero-order valence-electron chi connectivity index (χ0n) is 9.56. The van der Waals surface area contributed by atoms with E-state index >= 15 is 0 Å². The first-order valence-electron chi connectivity index (χ1n) is 5.53. The number of nitrogens with zero attached hydrogens (tertiary/aromatic N) is 1. The summed E-state index contributed by atoms with van der Waals surface area (Å²) in [5.41, 5.74) is -0.454. The van der Waals surface area contributed by atoms with Crippen molar-refractivity contribution < 1.29 is 14.6 Å². The molecule has 1 heterocycles. The van der Waals surface area contributed by atoms with Gasteiger partial charge < -0.3 is 14.7 Å². The third kappa shape index (κ3) is 2.09. The standard InChI is InChI=1S/C11H19NO3/c1-11(2,3)15-10(14)12-5-7-4-8(7)9(12)6-13/h7-9,13H,4-6H2,1-3H3/t7-,8-,9+/m0/s1. The Labute approximate surface area is 90.2 Å². The van der Waals surface area contributed by atoms with Crippen LogP contribution in [-0.4, -0.2) is 40.9 Å². The molecular weight excluding hydrogens is 194 g/mol. The van der Waals surface area contributed by atoms with Gasteiger partial charge in [0.1, 0.15) is 5.60 Å². The lowest BCUT2D eigenvalue weighted by atomic mass is 10.2. The van der Waals surface area contributed by atoms with Crippen molar-refractivity contribution in [2.75, 3.05) is 13.2 Å². The molecule has 4 nitrogen and oxygen atoms in total. The summed E-state index contributed by atoms with van der Waals surface area (Å²) in [5, 5.41) is 9.23. The fraction of sp³-hybridized carbons (Fsp3) is 0.909. The quantitative estimate of drug-likeness (QED) is 0.712. The van der Waals surface area contributed by atoms with Gasteiger partial charge in [-0.1, -0.05) is 0 Å². The van der Waals surface area contributed by atoms with Gasteiger partial charge in [-0.2, -0.15) is 0 Å². The molecule has 86 valence electrons. The molecular formula is C11H19NO3. The highest BCUT2D eigenvalue weighted by atomic mass is 16.6. The van der Waals surface area contributed by atoms with E-state index < -0.39 is 5.60 Å². The number of ether oxygens (including phenoxy) is 1. The Balaban J connectivity index is 1.96. The molecule has 0 radical (unpaired) electrons. The van der Waals surface area contributed by atoms with Crippen molar-refractivity contribution in [1.82, 2.24) is 4.90 Å². The lowest BCUT2D eigenvalue weighted by Crippen LogP contribution is -2.43. The van der Waals surface area contributed by atoms with E-state index in [0.717, 1.165) is 13.0 Å². The van der Waals surface area contributed by atoms with Crippen LogP contribution in [0.2, 0.25) is 0 Å². The Morgan fingerprint density at radius 2 is 2.20 bits per heavy atom. The lowest BCUT2D eigenvalue weighted by Gasteiger charge is -2.29. The van der Waals surface area contributed by atoms with Crippen LogP contribution in [0.5, 0.6) is 0 Å². The average molecular weight is 213 g/mol. The molecule has 2 aliphatic rings. The van der Waals surface area contributed by atoms with Crippen molar-refractivity contribution in [2.45, 2.75) is 38.8 Å². The van der Waals surface area contributed by atoms with Crippen LogP contribution in [0.3, 0.4) is 0 Å². The van der Waals surface area contributed by atoms with Crippen molar-refractivity contribution in [3.8, 4) is 0 Å². The maximum Gasteiger partial charge on any atom is 0.410 e. The zero-order valence-corrected chi connectivity index (χ0v) is 9.56. The molecule has 0 spiro atoms. The van der Waals surface area contributed by atoms with E-state index in [-0.39, 0.29) is 18.7 Å². The van der Waals surface area contributed by atoms with Crippen LogP contribution in [0.25, 0.3) is 0 Å². The first-order valence-corrected chi connectivity index (χ1v) is 5.53. The minimum Gasteiger partial charge on any atom is -0.444 e. The number of rotatable bonds is 1. The maximum atomic E-state index is 11.8. The Morgan fingerprint density at radius 1 is 1.53 bits per heavy atom. The van der Waals surface area contributed by atoms with E-state index in [1.54, 1.807) is 4.90 Å². The van der Waals surface area contributed by atoms with Crippen molar-refractivity contribution in [2.24, 2.45) is 11.8 Å². The third-order valence-electron chi connectivity index (χ3n) is 3.12. The number of hydrogen-bond donors (Lipinski definition) is 1. The van der Waals surface area contributed by atoms with Crippen LogP contribution in [0.1, 0.15) is 27.2 Å².